The number of oxime groups is 1. The maximum absolute atomic E-state index is 11.8. The van der Waals surface area contributed by atoms with Crippen molar-refractivity contribution in [1.82, 2.24) is 5.32 Å². The largest absolute Gasteiger partial charge is 0.386 e. The zero-order valence-corrected chi connectivity index (χ0v) is 11.9. The van der Waals surface area contributed by atoms with Crippen LogP contribution in [0.4, 0.5) is 0 Å². The number of hydrogen-bond donors (Lipinski definition) is 1. The molecular formula is C16H22N2O2. The van der Waals surface area contributed by atoms with Crippen molar-refractivity contribution in [2.24, 2.45) is 11.1 Å². The van der Waals surface area contributed by atoms with Crippen molar-refractivity contribution in [3.8, 4) is 0 Å². The first kappa shape index (κ1) is 14.6. The highest BCUT2D eigenvalue weighted by Crippen LogP contribution is 2.23. The van der Waals surface area contributed by atoms with Gasteiger partial charge in [-0.05, 0) is 24.3 Å². The van der Waals surface area contributed by atoms with E-state index in [0.717, 1.165) is 12.0 Å². The molecule has 1 aromatic carbocycles. The summed E-state index contributed by atoms with van der Waals surface area (Å²) in [5.41, 5.74) is 0.953. The van der Waals surface area contributed by atoms with Crippen LogP contribution in [0, 0.1) is 5.92 Å². The van der Waals surface area contributed by atoms with Crippen molar-refractivity contribution in [2.75, 3.05) is 6.61 Å². The van der Waals surface area contributed by atoms with Crippen molar-refractivity contribution in [3.05, 3.63) is 35.9 Å². The standard InChI is InChI=1S/C16H22N2O2/c1-13-7-5-6-10-15(13)18-16(19)12-20-17-11-14-8-3-2-4-9-14/h2-4,8-9,11,13,15H,5-7,10,12H2,1H3,(H,18,19)/b17-11-/t13-,15+/m0/s1. The highest BCUT2D eigenvalue weighted by Gasteiger charge is 2.22. The first-order valence-corrected chi connectivity index (χ1v) is 7.25. The van der Waals surface area contributed by atoms with E-state index < -0.39 is 0 Å². The van der Waals surface area contributed by atoms with Gasteiger partial charge in [-0.25, -0.2) is 0 Å². The van der Waals surface area contributed by atoms with Crippen LogP contribution in [-0.4, -0.2) is 24.8 Å². The molecule has 1 fully saturated rings. The highest BCUT2D eigenvalue weighted by atomic mass is 16.6. The van der Waals surface area contributed by atoms with Gasteiger partial charge >= 0.3 is 0 Å². The van der Waals surface area contributed by atoms with E-state index >= 15 is 0 Å². The van der Waals surface area contributed by atoms with Crippen LogP contribution in [0.3, 0.4) is 0 Å². The maximum Gasteiger partial charge on any atom is 0.261 e. The van der Waals surface area contributed by atoms with Gasteiger partial charge in [-0.1, -0.05) is 55.3 Å². The highest BCUT2D eigenvalue weighted by molar-refractivity contribution is 5.79. The average molecular weight is 274 g/mol. The van der Waals surface area contributed by atoms with Gasteiger partial charge in [-0.3, -0.25) is 4.79 Å². The van der Waals surface area contributed by atoms with E-state index in [2.05, 4.69) is 17.4 Å². The van der Waals surface area contributed by atoms with Crippen LogP contribution >= 0.6 is 0 Å². The third-order valence-corrected chi connectivity index (χ3v) is 3.73. The molecule has 4 nitrogen and oxygen atoms in total. The Labute approximate surface area is 120 Å². The fourth-order valence-electron chi connectivity index (χ4n) is 2.51. The molecule has 0 saturated heterocycles. The molecule has 1 aromatic rings. The number of nitrogens with one attached hydrogen (secondary N) is 1. The smallest absolute Gasteiger partial charge is 0.261 e. The number of nitrogens with zero attached hydrogens (tertiary/aromatic N) is 1. The zero-order valence-electron chi connectivity index (χ0n) is 11.9. The second-order valence-electron chi connectivity index (χ2n) is 5.35. The van der Waals surface area contributed by atoms with Gasteiger partial charge in [0.2, 0.25) is 0 Å². The summed E-state index contributed by atoms with van der Waals surface area (Å²) in [7, 11) is 0. The number of carbonyl (C=O) groups is 1. The molecule has 0 aromatic heterocycles. The van der Waals surface area contributed by atoms with Crippen molar-refractivity contribution < 1.29 is 9.63 Å². The lowest BCUT2D eigenvalue weighted by atomic mass is 9.86. The monoisotopic (exact) mass is 274 g/mol. The van der Waals surface area contributed by atoms with E-state index in [1.165, 1.54) is 19.3 Å². The third kappa shape index (κ3) is 4.68. The van der Waals surface area contributed by atoms with E-state index in [9.17, 15) is 4.79 Å². The minimum atomic E-state index is -0.0889. The molecule has 0 unspecified atom stereocenters. The second kappa shape index (κ2) is 7.68. The SMILES string of the molecule is C[C@H]1CCCC[C@H]1NC(=O)CO/N=C\c1ccccc1. The summed E-state index contributed by atoms with van der Waals surface area (Å²) in [6.07, 6.45) is 6.34. The fraction of sp³-hybridized carbons (Fsp3) is 0.500. The van der Waals surface area contributed by atoms with E-state index in [1.807, 2.05) is 30.3 Å². The lowest BCUT2D eigenvalue weighted by Crippen LogP contribution is -2.42. The molecule has 20 heavy (non-hydrogen) atoms. The number of benzene rings is 1. The van der Waals surface area contributed by atoms with E-state index in [0.29, 0.717) is 5.92 Å². The normalized spacial score (nSPS) is 22.6. The molecule has 1 aliphatic carbocycles. The van der Waals surface area contributed by atoms with Gasteiger partial charge in [-0.15, -0.1) is 0 Å². The fourth-order valence-corrected chi connectivity index (χ4v) is 2.51. The Kier molecular flexibility index (Phi) is 5.59. The van der Waals surface area contributed by atoms with Gasteiger partial charge in [-0.2, -0.15) is 0 Å². The summed E-state index contributed by atoms with van der Waals surface area (Å²) in [4.78, 5) is 16.8. The molecule has 0 aliphatic heterocycles. The summed E-state index contributed by atoms with van der Waals surface area (Å²) in [6.45, 7) is 2.17. The van der Waals surface area contributed by atoms with Crippen molar-refractivity contribution >= 4 is 12.1 Å². The topological polar surface area (TPSA) is 50.7 Å². The van der Waals surface area contributed by atoms with Crippen LogP contribution in [0.25, 0.3) is 0 Å². The van der Waals surface area contributed by atoms with Gasteiger partial charge < -0.3 is 10.2 Å². The van der Waals surface area contributed by atoms with E-state index in [-0.39, 0.29) is 18.6 Å². The Bertz CT molecular complexity index is 445. The molecule has 1 aliphatic rings. The molecular weight excluding hydrogens is 252 g/mol. The van der Waals surface area contributed by atoms with Crippen molar-refractivity contribution in [3.63, 3.8) is 0 Å². The minimum absolute atomic E-state index is 0.0213. The van der Waals surface area contributed by atoms with Gasteiger partial charge in [0.25, 0.3) is 5.91 Å². The van der Waals surface area contributed by atoms with Gasteiger partial charge in [0.15, 0.2) is 6.61 Å². The Balaban J connectivity index is 1.68. The van der Waals surface area contributed by atoms with Crippen LogP contribution in [0.1, 0.15) is 38.2 Å². The average Bonchev–Trinajstić information content (AvgIpc) is 2.47. The molecule has 2 rings (SSSR count). The van der Waals surface area contributed by atoms with Gasteiger partial charge in [0.05, 0.1) is 6.21 Å². The van der Waals surface area contributed by atoms with Gasteiger partial charge in [0, 0.05) is 6.04 Å². The molecule has 108 valence electrons. The first-order valence-electron chi connectivity index (χ1n) is 7.25. The van der Waals surface area contributed by atoms with Crippen LogP contribution < -0.4 is 5.32 Å². The molecule has 0 spiro atoms. The Morgan fingerprint density at radius 2 is 2.10 bits per heavy atom. The number of hydrogen-bond acceptors (Lipinski definition) is 3. The van der Waals surface area contributed by atoms with E-state index in [1.54, 1.807) is 6.21 Å². The number of rotatable bonds is 5. The number of carbonyl (C=O) groups excluding carboxylic acids is 1. The zero-order chi connectivity index (χ0) is 14.2. The molecule has 4 heteroatoms. The first-order chi connectivity index (χ1) is 9.75. The lowest BCUT2D eigenvalue weighted by Gasteiger charge is -2.29. The summed E-state index contributed by atoms with van der Waals surface area (Å²) < 4.78 is 0. The Morgan fingerprint density at radius 3 is 2.85 bits per heavy atom. The molecule has 0 bridgehead atoms. The molecule has 0 radical (unpaired) electrons. The second-order valence-corrected chi connectivity index (χ2v) is 5.35. The lowest BCUT2D eigenvalue weighted by molar-refractivity contribution is -0.126. The predicted molar refractivity (Wildman–Crippen MR) is 79.6 cm³/mol. The van der Waals surface area contributed by atoms with Crippen LogP contribution in [-0.2, 0) is 9.63 Å². The molecule has 1 N–H and O–H groups in total. The summed E-state index contributed by atoms with van der Waals surface area (Å²) >= 11 is 0. The molecule has 1 saturated carbocycles. The Hall–Kier alpha value is -1.84. The third-order valence-electron chi connectivity index (χ3n) is 3.73. The van der Waals surface area contributed by atoms with Crippen LogP contribution in [0.2, 0.25) is 0 Å². The summed E-state index contributed by atoms with van der Waals surface area (Å²) in [5.74, 6) is 0.467. The summed E-state index contributed by atoms with van der Waals surface area (Å²) in [5, 5.41) is 6.84. The summed E-state index contributed by atoms with van der Waals surface area (Å²) in [6, 6.07) is 9.94. The number of amides is 1. The molecule has 0 heterocycles. The van der Waals surface area contributed by atoms with Crippen molar-refractivity contribution in [2.45, 2.75) is 38.6 Å². The molecule has 2 atom stereocenters. The predicted octanol–water partition coefficient (Wildman–Crippen LogP) is 2.73. The van der Waals surface area contributed by atoms with Gasteiger partial charge in [0.1, 0.15) is 0 Å². The van der Waals surface area contributed by atoms with Crippen LogP contribution in [0.15, 0.2) is 35.5 Å². The minimum Gasteiger partial charge on any atom is -0.386 e. The molecule has 1 amide bonds. The van der Waals surface area contributed by atoms with Crippen LogP contribution in [0.5, 0.6) is 0 Å². The Morgan fingerprint density at radius 1 is 1.35 bits per heavy atom. The van der Waals surface area contributed by atoms with E-state index in [4.69, 9.17) is 4.84 Å². The quantitative estimate of drug-likeness (QED) is 0.663. The van der Waals surface area contributed by atoms with Crippen molar-refractivity contribution in [1.29, 1.82) is 0 Å². The maximum atomic E-state index is 11.8.